The molecule has 0 aliphatic heterocycles. The van der Waals surface area contributed by atoms with E-state index in [1.807, 2.05) is 0 Å². The minimum Gasteiger partial charge on any atom is -0.466 e. The van der Waals surface area contributed by atoms with E-state index in [9.17, 15) is 19.8 Å². The molecule has 0 aliphatic rings. The van der Waals surface area contributed by atoms with Crippen LogP contribution in [0.2, 0.25) is 0 Å². The van der Waals surface area contributed by atoms with Crippen LogP contribution >= 0.6 is 0 Å². The number of rotatable bonds is 59. The third-order valence-electron chi connectivity index (χ3n) is 14.7. The van der Waals surface area contributed by atoms with Crippen molar-refractivity contribution >= 4 is 11.9 Å². The average molecular weight is 987 g/mol. The second kappa shape index (κ2) is 59.9. The van der Waals surface area contributed by atoms with Gasteiger partial charge in [0.25, 0.3) is 0 Å². The number of unbranched alkanes of at least 4 members (excludes halogenated alkanes) is 44. The fourth-order valence-corrected chi connectivity index (χ4v) is 9.85. The largest absolute Gasteiger partial charge is 0.466 e. The van der Waals surface area contributed by atoms with Crippen molar-refractivity contribution in [3.05, 3.63) is 24.3 Å². The van der Waals surface area contributed by atoms with Crippen LogP contribution in [0.3, 0.4) is 0 Å². The number of allylic oxidation sites excluding steroid dienone is 4. The van der Waals surface area contributed by atoms with E-state index in [0.717, 1.165) is 44.9 Å². The summed E-state index contributed by atoms with van der Waals surface area (Å²) in [6, 6.07) is -0.540. The molecular weight excluding hydrogens is 863 g/mol. The minimum atomic E-state index is -0.663. The Morgan fingerprint density at radius 2 is 0.686 bits per heavy atom. The molecule has 1 amide bonds. The van der Waals surface area contributed by atoms with Gasteiger partial charge < -0.3 is 20.3 Å². The summed E-state index contributed by atoms with van der Waals surface area (Å²) in [6.07, 6.45) is 73.4. The van der Waals surface area contributed by atoms with E-state index in [1.54, 1.807) is 0 Å². The molecule has 414 valence electrons. The van der Waals surface area contributed by atoms with Gasteiger partial charge in [0.1, 0.15) is 0 Å². The van der Waals surface area contributed by atoms with Gasteiger partial charge in [-0.15, -0.1) is 0 Å². The Morgan fingerprint density at radius 3 is 1.06 bits per heavy atom. The second-order valence-corrected chi connectivity index (χ2v) is 21.7. The first-order chi connectivity index (χ1) is 34.5. The number of hydrogen-bond acceptors (Lipinski definition) is 5. The summed E-state index contributed by atoms with van der Waals surface area (Å²) in [5.74, 6) is -0.0283. The molecule has 2 unspecified atom stereocenters. The highest BCUT2D eigenvalue weighted by atomic mass is 16.5. The predicted octanol–water partition coefficient (Wildman–Crippen LogP) is 19.8. The van der Waals surface area contributed by atoms with Crippen molar-refractivity contribution in [2.45, 2.75) is 360 Å². The summed E-state index contributed by atoms with van der Waals surface area (Å²) < 4.78 is 5.46. The van der Waals surface area contributed by atoms with Crippen LogP contribution in [0.5, 0.6) is 0 Å². The molecule has 0 heterocycles. The van der Waals surface area contributed by atoms with Crippen LogP contribution in [0.15, 0.2) is 24.3 Å². The number of esters is 1. The van der Waals surface area contributed by atoms with Crippen molar-refractivity contribution in [3.63, 3.8) is 0 Å². The topological polar surface area (TPSA) is 95.9 Å². The van der Waals surface area contributed by atoms with E-state index >= 15 is 0 Å². The Hall–Kier alpha value is -1.66. The Labute approximate surface area is 437 Å². The average Bonchev–Trinajstić information content (AvgIpc) is 3.36. The van der Waals surface area contributed by atoms with Crippen LogP contribution in [-0.4, -0.2) is 47.4 Å². The number of carbonyl (C=O) groups excluding carboxylic acids is 2. The fraction of sp³-hybridized carbons (Fsp3) is 0.906. The molecule has 0 saturated heterocycles. The van der Waals surface area contributed by atoms with E-state index in [4.69, 9.17) is 4.74 Å². The third-order valence-corrected chi connectivity index (χ3v) is 14.7. The normalized spacial score (nSPS) is 12.7. The van der Waals surface area contributed by atoms with Gasteiger partial charge in [-0.05, 0) is 70.6 Å². The van der Waals surface area contributed by atoms with Crippen molar-refractivity contribution in [1.82, 2.24) is 5.32 Å². The smallest absolute Gasteiger partial charge is 0.305 e. The molecule has 6 heteroatoms. The van der Waals surface area contributed by atoms with Gasteiger partial charge in [-0.25, -0.2) is 0 Å². The molecule has 0 radical (unpaired) electrons. The van der Waals surface area contributed by atoms with Crippen LogP contribution in [0, 0.1) is 0 Å². The zero-order chi connectivity index (χ0) is 50.7. The van der Waals surface area contributed by atoms with E-state index in [0.29, 0.717) is 25.9 Å². The zero-order valence-corrected chi connectivity index (χ0v) is 47.3. The minimum absolute atomic E-state index is 0.00490. The highest BCUT2D eigenvalue weighted by molar-refractivity contribution is 5.76. The van der Waals surface area contributed by atoms with Gasteiger partial charge in [-0.3, -0.25) is 9.59 Å². The SMILES string of the molecule is CCCC/C=C\CCCCCCCC(=O)OCCCCCCCCCCCCCC/C=C\CCCCCCCCCCCCCCC(=O)NC(CO)C(O)CCCCCCCCCCCCCCCC. The third kappa shape index (κ3) is 55.7. The molecule has 2 atom stereocenters. The highest BCUT2D eigenvalue weighted by Crippen LogP contribution is 2.18. The van der Waals surface area contributed by atoms with Gasteiger partial charge in [0.15, 0.2) is 0 Å². The van der Waals surface area contributed by atoms with Crippen LogP contribution in [-0.2, 0) is 14.3 Å². The van der Waals surface area contributed by atoms with Crippen LogP contribution in [0.1, 0.15) is 348 Å². The molecule has 0 fully saturated rings. The summed E-state index contributed by atoms with van der Waals surface area (Å²) >= 11 is 0. The van der Waals surface area contributed by atoms with Gasteiger partial charge in [0.05, 0.1) is 25.4 Å². The number of aliphatic hydroxyl groups excluding tert-OH is 2. The lowest BCUT2D eigenvalue weighted by molar-refractivity contribution is -0.143. The summed E-state index contributed by atoms with van der Waals surface area (Å²) in [7, 11) is 0. The number of amides is 1. The molecule has 0 aromatic heterocycles. The van der Waals surface area contributed by atoms with Crippen molar-refractivity contribution in [2.24, 2.45) is 0 Å². The van der Waals surface area contributed by atoms with E-state index in [2.05, 4.69) is 43.5 Å². The highest BCUT2D eigenvalue weighted by Gasteiger charge is 2.20. The standard InChI is InChI=1S/C64H123NO5/c1-3-5-7-9-11-13-15-16-33-37-40-44-48-52-56-62(67)61(60-66)65-63(68)57-53-49-45-41-38-34-31-29-27-25-23-21-19-17-18-20-22-24-26-28-30-32-35-39-43-47-51-55-59-70-64(69)58-54-50-46-42-36-14-12-10-8-6-4-2/h10,12,17-18,61-62,66-67H,3-9,11,13-16,19-60H2,1-2H3,(H,65,68)/b12-10-,18-17-. The quantitative estimate of drug-likeness (QED) is 0.0321. The number of carbonyl (C=O) groups is 2. The van der Waals surface area contributed by atoms with Gasteiger partial charge in [-0.1, -0.05) is 289 Å². The molecule has 0 aliphatic carbocycles. The predicted molar refractivity (Wildman–Crippen MR) is 306 cm³/mol. The molecule has 0 spiro atoms. The Bertz CT molecular complexity index is 1090. The Kier molecular flexibility index (Phi) is 58.5. The van der Waals surface area contributed by atoms with Crippen molar-refractivity contribution in [3.8, 4) is 0 Å². The number of aliphatic hydroxyl groups is 2. The zero-order valence-electron chi connectivity index (χ0n) is 47.3. The molecule has 0 aromatic carbocycles. The lowest BCUT2D eigenvalue weighted by Gasteiger charge is -2.22. The van der Waals surface area contributed by atoms with Gasteiger partial charge in [0, 0.05) is 12.8 Å². The molecule has 0 saturated carbocycles. The number of nitrogens with one attached hydrogen (secondary N) is 1. The van der Waals surface area contributed by atoms with E-state index in [-0.39, 0.29) is 18.5 Å². The van der Waals surface area contributed by atoms with Crippen molar-refractivity contribution < 1.29 is 24.5 Å². The van der Waals surface area contributed by atoms with E-state index in [1.165, 1.54) is 270 Å². The first kappa shape index (κ1) is 68.3. The molecule has 3 N–H and O–H groups in total. The lowest BCUT2D eigenvalue weighted by Crippen LogP contribution is -2.45. The van der Waals surface area contributed by atoms with Crippen molar-refractivity contribution in [1.29, 1.82) is 0 Å². The monoisotopic (exact) mass is 986 g/mol. The first-order valence-corrected chi connectivity index (χ1v) is 31.6. The summed E-state index contributed by atoms with van der Waals surface area (Å²) in [4.78, 5) is 24.5. The Balaban J connectivity index is 3.37. The van der Waals surface area contributed by atoms with Crippen molar-refractivity contribution in [2.75, 3.05) is 13.2 Å². The second-order valence-electron chi connectivity index (χ2n) is 21.7. The summed E-state index contributed by atoms with van der Waals surface area (Å²) in [5, 5.41) is 23.3. The summed E-state index contributed by atoms with van der Waals surface area (Å²) in [5.41, 5.74) is 0. The number of hydrogen-bond donors (Lipinski definition) is 3. The van der Waals surface area contributed by atoms with Gasteiger partial charge in [0.2, 0.25) is 5.91 Å². The number of ether oxygens (including phenoxy) is 1. The van der Waals surface area contributed by atoms with Crippen LogP contribution in [0.4, 0.5) is 0 Å². The maximum Gasteiger partial charge on any atom is 0.305 e. The fourth-order valence-electron chi connectivity index (χ4n) is 9.85. The lowest BCUT2D eigenvalue weighted by atomic mass is 10.0. The first-order valence-electron chi connectivity index (χ1n) is 31.6. The molecule has 6 nitrogen and oxygen atoms in total. The van der Waals surface area contributed by atoms with E-state index < -0.39 is 12.1 Å². The van der Waals surface area contributed by atoms with Crippen LogP contribution in [0.25, 0.3) is 0 Å². The van der Waals surface area contributed by atoms with Gasteiger partial charge in [-0.2, -0.15) is 0 Å². The summed E-state index contributed by atoms with van der Waals surface area (Å²) in [6.45, 7) is 4.93. The maximum atomic E-state index is 12.5. The van der Waals surface area contributed by atoms with Gasteiger partial charge >= 0.3 is 5.97 Å². The molecule has 0 rings (SSSR count). The molecule has 70 heavy (non-hydrogen) atoms. The van der Waals surface area contributed by atoms with Crippen LogP contribution < -0.4 is 5.32 Å². The molecule has 0 bridgehead atoms. The molecular formula is C64H123NO5. The Morgan fingerprint density at radius 1 is 0.386 bits per heavy atom. The maximum absolute atomic E-state index is 12.5. The molecule has 0 aromatic rings.